The molecule has 0 radical (unpaired) electrons. The average Bonchev–Trinajstić information content (AvgIpc) is 3.22. The number of carbonyl (C=O) groups excluding carboxylic acids is 1. The summed E-state index contributed by atoms with van der Waals surface area (Å²) in [5.41, 5.74) is -3.49. The van der Waals surface area contributed by atoms with Crippen LogP contribution in [-0.2, 0) is 0 Å². The highest BCUT2D eigenvalue weighted by molar-refractivity contribution is 8.03. The van der Waals surface area contributed by atoms with Crippen molar-refractivity contribution in [2.45, 2.75) is 24.7 Å². The summed E-state index contributed by atoms with van der Waals surface area (Å²) < 4.78 is 42.6. The molecule has 1 aliphatic heterocycles. The van der Waals surface area contributed by atoms with Crippen LogP contribution in [0.1, 0.15) is 28.1 Å². The molecule has 1 aromatic heterocycles. The summed E-state index contributed by atoms with van der Waals surface area (Å²) in [5, 5.41) is 24.4. The molecule has 30 heavy (non-hydrogen) atoms. The van der Waals surface area contributed by atoms with E-state index >= 15 is 0 Å². The Morgan fingerprint density at radius 3 is 2.60 bits per heavy atom. The Balaban J connectivity index is 2.35. The number of rotatable bonds is 5. The number of alkyl halides is 3. The Hall–Kier alpha value is -1.99. The van der Waals surface area contributed by atoms with E-state index in [1.54, 1.807) is 24.4 Å². The Bertz CT molecular complexity index is 1020. The summed E-state index contributed by atoms with van der Waals surface area (Å²) in [6.07, 6.45) is -5.20. The predicted octanol–water partition coefficient (Wildman–Crippen LogP) is 5.33. The van der Waals surface area contributed by atoms with E-state index in [9.17, 15) is 28.3 Å². The molecule has 0 spiro atoms. The Kier molecular flexibility index (Phi) is 6.53. The van der Waals surface area contributed by atoms with Crippen LogP contribution in [0, 0.1) is 17.2 Å². The summed E-state index contributed by atoms with van der Waals surface area (Å²) in [6.45, 7) is 1.70. The largest absolute Gasteiger partial charge is 0.437 e. The van der Waals surface area contributed by atoms with Crippen molar-refractivity contribution in [3.05, 3.63) is 67.8 Å². The predicted molar refractivity (Wildman–Crippen MR) is 111 cm³/mol. The standard InChI is InChI=1S/C20H16ClF3N2O2S2/c1-2-29-18-12(10-25)15(11-6-3-4-7-13(11)21)16(17(27)14-8-5-9-30-14)19(28,26-18)20(22,23)24/h3-9,15-16,26,28H,2H2,1H3/t15-,16-,19-/m1/s1. The van der Waals surface area contributed by atoms with Crippen molar-refractivity contribution in [2.75, 3.05) is 5.75 Å². The smallest absolute Gasteiger partial charge is 0.363 e. The van der Waals surface area contributed by atoms with Gasteiger partial charge in [-0.25, -0.2) is 0 Å². The topological polar surface area (TPSA) is 73.1 Å². The molecule has 0 saturated heterocycles. The van der Waals surface area contributed by atoms with E-state index in [0.29, 0.717) is 5.75 Å². The van der Waals surface area contributed by atoms with E-state index in [-0.39, 0.29) is 26.1 Å². The minimum Gasteiger partial charge on any atom is -0.363 e. The molecule has 158 valence electrons. The third-order valence-electron chi connectivity index (χ3n) is 4.77. The van der Waals surface area contributed by atoms with Gasteiger partial charge in [-0.3, -0.25) is 4.79 Å². The Labute approximate surface area is 184 Å². The molecule has 0 fully saturated rings. The molecule has 0 saturated carbocycles. The quantitative estimate of drug-likeness (QED) is 0.576. The fraction of sp³-hybridized carbons (Fsp3) is 0.300. The van der Waals surface area contributed by atoms with E-state index in [1.165, 1.54) is 24.3 Å². The first-order valence-electron chi connectivity index (χ1n) is 8.82. The molecule has 3 atom stereocenters. The Morgan fingerprint density at radius 1 is 1.37 bits per heavy atom. The number of hydrogen-bond acceptors (Lipinski definition) is 6. The fourth-order valence-electron chi connectivity index (χ4n) is 3.47. The molecule has 4 nitrogen and oxygen atoms in total. The highest BCUT2D eigenvalue weighted by atomic mass is 35.5. The molecule has 1 aromatic carbocycles. The van der Waals surface area contributed by atoms with Crippen LogP contribution in [0.5, 0.6) is 0 Å². The van der Waals surface area contributed by atoms with Crippen LogP contribution in [0.2, 0.25) is 5.02 Å². The summed E-state index contributed by atoms with van der Waals surface area (Å²) in [6, 6.07) is 11.0. The fourth-order valence-corrected chi connectivity index (χ4v) is 5.27. The van der Waals surface area contributed by atoms with Crippen LogP contribution >= 0.6 is 34.7 Å². The van der Waals surface area contributed by atoms with E-state index < -0.39 is 29.5 Å². The van der Waals surface area contributed by atoms with E-state index in [2.05, 4.69) is 5.32 Å². The van der Waals surface area contributed by atoms with E-state index in [4.69, 9.17) is 11.6 Å². The third kappa shape index (κ3) is 3.85. The van der Waals surface area contributed by atoms with Gasteiger partial charge in [0.2, 0.25) is 5.72 Å². The number of benzene rings is 1. The molecule has 3 rings (SSSR count). The third-order valence-corrected chi connectivity index (χ3v) is 6.90. The molecule has 1 aliphatic rings. The van der Waals surface area contributed by atoms with Crippen LogP contribution in [0.3, 0.4) is 0 Å². The van der Waals surface area contributed by atoms with Crippen molar-refractivity contribution in [2.24, 2.45) is 5.92 Å². The number of nitrogens with zero attached hydrogens (tertiary/aromatic N) is 1. The lowest BCUT2D eigenvalue weighted by Crippen LogP contribution is -2.66. The second-order valence-electron chi connectivity index (χ2n) is 6.50. The normalized spacial score (nSPS) is 24.3. The Morgan fingerprint density at radius 2 is 2.07 bits per heavy atom. The number of aliphatic hydroxyl groups is 1. The number of thiophene rings is 1. The van der Waals surface area contributed by atoms with Gasteiger partial charge in [-0.05, 0) is 28.8 Å². The molecule has 2 N–H and O–H groups in total. The highest BCUT2D eigenvalue weighted by Crippen LogP contribution is 2.52. The first kappa shape index (κ1) is 22.7. The number of ketones is 1. The van der Waals surface area contributed by atoms with Gasteiger partial charge in [0.1, 0.15) is 0 Å². The number of halogens is 4. The maximum atomic E-state index is 14.2. The van der Waals surface area contributed by atoms with Gasteiger partial charge in [-0.2, -0.15) is 18.4 Å². The van der Waals surface area contributed by atoms with Crippen molar-refractivity contribution in [3.63, 3.8) is 0 Å². The lowest BCUT2D eigenvalue weighted by atomic mass is 9.70. The average molecular weight is 473 g/mol. The van der Waals surface area contributed by atoms with Crippen molar-refractivity contribution in [1.29, 1.82) is 5.26 Å². The van der Waals surface area contributed by atoms with Gasteiger partial charge in [-0.1, -0.05) is 42.8 Å². The van der Waals surface area contributed by atoms with Gasteiger partial charge in [0, 0.05) is 10.9 Å². The van der Waals surface area contributed by atoms with Crippen LogP contribution in [0.25, 0.3) is 0 Å². The summed E-state index contributed by atoms with van der Waals surface area (Å²) >= 11 is 8.19. The van der Waals surface area contributed by atoms with Crippen molar-refractivity contribution in [3.8, 4) is 6.07 Å². The second kappa shape index (κ2) is 8.63. The summed E-state index contributed by atoms with van der Waals surface area (Å²) in [4.78, 5) is 13.3. The van der Waals surface area contributed by atoms with Crippen molar-refractivity contribution < 1.29 is 23.1 Å². The first-order chi connectivity index (χ1) is 14.2. The van der Waals surface area contributed by atoms with E-state index in [1.807, 2.05) is 6.07 Å². The molecular weight excluding hydrogens is 457 g/mol. The molecule has 2 aromatic rings. The SMILES string of the molecule is CCSC1=C(C#N)[C@@H](c2ccccc2Cl)[C@H](C(=O)c2cccs2)[C@@](O)(C(F)(F)F)N1. The lowest BCUT2D eigenvalue weighted by molar-refractivity contribution is -0.285. The summed E-state index contributed by atoms with van der Waals surface area (Å²) in [7, 11) is 0. The second-order valence-corrected chi connectivity index (χ2v) is 9.12. The molecule has 0 unspecified atom stereocenters. The molecule has 10 heteroatoms. The van der Waals surface area contributed by atoms with Gasteiger partial charge in [-0.15, -0.1) is 23.1 Å². The van der Waals surface area contributed by atoms with Gasteiger partial charge in [0.25, 0.3) is 0 Å². The van der Waals surface area contributed by atoms with Crippen molar-refractivity contribution >= 4 is 40.5 Å². The zero-order valence-corrected chi connectivity index (χ0v) is 17.9. The monoisotopic (exact) mass is 472 g/mol. The van der Waals surface area contributed by atoms with Crippen LogP contribution < -0.4 is 5.32 Å². The highest BCUT2D eigenvalue weighted by Gasteiger charge is 2.66. The van der Waals surface area contributed by atoms with E-state index in [0.717, 1.165) is 23.1 Å². The van der Waals surface area contributed by atoms with Gasteiger partial charge >= 0.3 is 6.18 Å². The number of hydrogen-bond donors (Lipinski definition) is 2. The molecule has 2 heterocycles. The summed E-state index contributed by atoms with van der Waals surface area (Å²) in [5.74, 6) is -4.01. The molecular formula is C20H16ClF3N2O2S2. The number of carbonyl (C=O) groups is 1. The maximum Gasteiger partial charge on any atom is 0.437 e. The van der Waals surface area contributed by atoms with Crippen LogP contribution in [-0.4, -0.2) is 28.5 Å². The van der Waals surface area contributed by atoms with Crippen molar-refractivity contribution in [1.82, 2.24) is 5.32 Å². The molecule has 0 bridgehead atoms. The molecule has 0 aliphatic carbocycles. The van der Waals surface area contributed by atoms with Crippen LogP contribution in [0.15, 0.2) is 52.4 Å². The zero-order chi connectivity index (χ0) is 22.1. The van der Waals surface area contributed by atoms with Gasteiger partial charge in [0.05, 0.1) is 27.5 Å². The maximum absolute atomic E-state index is 14.2. The minimum absolute atomic E-state index is 0.0467. The lowest BCUT2D eigenvalue weighted by Gasteiger charge is -2.45. The first-order valence-corrected chi connectivity index (χ1v) is 11.1. The number of Topliss-reactive ketones (excluding diaryl/α,β-unsaturated/α-hetero) is 1. The van der Waals surface area contributed by atoms with Crippen LogP contribution in [0.4, 0.5) is 13.2 Å². The number of nitrogens with one attached hydrogen (secondary N) is 1. The van der Waals surface area contributed by atoms with Gasteiger partial charge < -0.3 is 10.4 Å². The van der Waals surface area contributed by atoms with Gasteiger partial charge in [0.15, 0.2) is 5.78 Å². The zero-order valence-electron chi connectivity index (χ0n) is 15.5. The number of nitriles is 1. The number of allylic oxidation sites excluding steroid dienone is 1. The number of thioether (sulfide) groups is 1. The minimum atomic E-state index is -5.20. The molecule has 0 amide bonds.